The van der Waals surface area contributed by atoms with E-state index in [1.54, 1.807) is 6.07 Å². The molecule has 0 aromatic heterocycles. The lowest BCUT2D eigenvalue weighted by atomic mass is 10.0. The van der Waals surface area contributed by atoms with Crippen molar-refractivity contribution in [2.75, 3.05) is 5.73 Å². The van der Waals surface area contributed by atoms with Crippen LogP contribution in [0.15, 0.2) is 48.5 Å². The van der Waals surface area contributed by atoms with Crippen LogP contribution in [0, 0.1) is 0 Å². The molecule has 0 unspecified atom stereocenters. The van der Waals surface area contributed by atoms with Gasteiger partial charge >= 0.3 is 0 Å². The number of anilines is 1. The Labute approximate surface area is 88.4 Å². The van der Waals surface area contributed by atoms with E-state index in [1.807, 2.05) is 42.5 Å². The summed E-state index contributed by atoms with van der Waals surface area (Å²) in [7, 11) is 0. The second-order valence-electron chi connectivity index (χ2n) is 3.33. The first kappa shape index (κ1) is 9.46. The molecule has 2 aromatic carbocycles. The number of rotatable bonds is 2. The second kappa shape index (κ2) is 3.96. The Morgan fingerprint density at radius 1 is 0.933 bits per heavy atom. The number of nitrogen functional groups attached to an aromatic ring is 1. The molecule has 74 valence electrons. The summed E-state index contributed by atoms with van der Waals surface area (Å²) in [6.07, 6.45) is 0.867. The Morgan fingerprint density at radius 3 is 2.27 bits per heavy atom. The lowest BCUT2D eigenvalue weighted by molar-refractivity contribution is 0.112. The fraction of sp³-hybridized carbons (Fsp3) is 0. The van der Waals surface area contributed by atoms with Crippen molar-refractivity contribution in [2.45, 2.75) is 0 Å². The number of aldehydes is 1. The maximum Gasteiger partial charge on any atom is 0.150 e. The molecule has 0 amide bonds. The number of nitrogens with two attached hydrogens (primary N) is 1. The quantitative estimate of drug-likeness (QED) is 0.594. The first-order valence-corrected chi connectivity index (χ1v) is 4.71. The highest BCUT2D eigenvalue weighted by molar-refractivity contribution is 5.87. The predicted molar refractivity (Wildman–Crippen MR) is 61.7 cm³/mol. The van der Waals surface area contributed by atoms with Gasteiger partial charge in [-0.1, -0.05) is 36.4 Å². The minimum absolute atomic E-state index is 0.697. The van der Waals surface area contributed by atoms with E-state index in [2.05, 4.69) is 0 Å². The number of hydrogen-bond donors (Lipinski definition) is 1. The molecule has 0 atom stereocenters. The minimum Gasteiger partial charge on any atom is -0.399 e. The third-order valence-corrected chi connectivity index (χ3v) is 2.31. The zero-order chi connectivity index (χ0) is 10.7. The van der Waals surface area contributed by atoms with Gasteiger partial charge in [-0.3, -0.25) is 4.79 Å². The van der Waals surface area contributed by atoms with Crippen LogP contribution in [0.3, 0.4) is 0 Å². The van der Waals surface area contributed by atoms with E-state index in [9.17, 15) is 4.79 Å². The molecule has 0 aliphatic heterocycles. The van der Waals surface area contributed by atoms with Gasteiger partial charge in [-0.25, -0.2) is 0 Å². The molecule has 0 aliphatic carbocycles. The van der Waals surface area contributed by atoms with E-state index in [0.717, 1.165) is 23.1 Å². The van der Waals surface area contributed by atoms with Crippen LogP contribution in [0.2, 0.25) is 0 Å². The van der Waals surface area contributed by atoms with Crippen LogP contribution >= 0.6 is 0 Å². The summed E-state index contributed by atoms with van der Waals surface area (Å²) in [5.41, 5.74) is 8.97. The molecule has 0 spiro atoms. The molecule has 0 saturated carbocycles. The third-order valence-electron chi connectivity index (χ3n) is 2.31. The highest BCUT2D eigenvalue weighted by atomic mass is 16.1. The van der Waals surface area contributed by atoms with Crippen molar-refractivity contribution < 1.29 is 4.79 Å². The van der Waals surface area contributed by atoms with Crippen molar-refractivity contribution in [3.05, 3.63) is 54.1 Å². The van der Waals surface area contributed by atoms with Crippen molar-refractivity contribution in [1.29, 1.82) is 0 Å². The minimum atomic E-state index is 0.697. The molecule has 15 heavy (non-hydrogen) atoms. The van der Waals surface area contributed by atoms with Crippen LogP contribution in [0.25, 0.3) is 11.1 Å². The van der Waals surface area contributed by atoms with Crippen LogP contribution in [-0.4, -0.2) is 6.29 Å². The topological polar surface area (TPSA) is 43.1 Å². The zero-order valence-electron chi connectivity index (χ0n) is 8.18. The van der Waals surface area contributed by atoms with Crippen LogP contribution in [0.1, 0.15) is 10.4 Å². The lowest BCUT2D eigenvalue weighted by Gasteiger charge is -2.04. The zero-order valence-corrected chi connectivity index (χ0v) is 8.18. The fourth-order valence-electron chi connectivity index (χ4n) is 1.53. The molecule has 2 rings (SSSR count). The monoisotopic (exact) mass is 197 g/mol. The van der Waals surface area contributed by atoms with Crippen molar-refractivity contribution >= 4 is 12.0 Å². The van der Waals surface area contributed by atoms with Crippen LogP contribution in [-0.2, 0) is 0 Å². The smallest absolute Gasteiger partial charge is 0.150 e. The SMILES string of the molecule is Nc1ccc(-c2ccccc2C=O)cc1. The van der Waals surface area contributed by atoms with E-state index in [-0.39, 0.29) is 0 Å². The highest BCUT2D eigenvalue weighted by Crippen LogP contribution is 2.23. The number of carbonyl (C=O) groups excluding carboxylic acids is 1. The van der Waals surface area contributed by atoms with Crippen LogP contribution in [0.5, 0.6) is 0 Å². The van der Waals surface area contributed by atoms with Gasteiger partial charge < -0.3 is 5.73 Å². The average Bonchev–Trinajstić information content (AvgIpc) is 2.30. The average molecular weight is 197 g/mol. The highest BCUT2D eigenvalue weighted by Gasteiger charge is 2.02. The molecule has 2 heteroatoms. The molecule has 2 N–H and O–H groups in total. The summed E-state index contributed by atoms with van der Waals surface area (Å²) in [5.74, 6) is 0. The number of hydrogen-bond acceptors (Lipinski definition) is 2. The van der Waals surface area contributed by atoms with Crippen molar-refractivity contribution in [2.24, 2.45) is 0 Å². The molecular formula is C13H11NO. The van der Waals surface area contributed by atoms with E-state index in [0.29, 0.717) is 5.56 Å². The van der Waals surface area contributed by atoms with Gasteiger partial charge in [-0.2, -0.15) is 0 Å². The van der Waals surface area contributed by atoms with Crippen molar-refractivity contribution in [3.63, 3.8) is 0 Å². The Bertz CT molecular complexity index is 474. The summed E-state index contributed by atoms with van der Waals surface area (Å²) in [6.45, 7) is 0. The van der Waals surface area contributed by atoms with Gasteiger partial charge in [0.05, 0.1) is 0 Å². The molecule has 0 bridgehead atoms. The Hall–Kier alpha value is -2.09. The predicted octanol–water partition coefficient (Wildman–Crippen LogP) is 2.75. The van der Waals surface area contributed by atoms with Crippen molar-refractivity contribution in [1.82, 2.24) is 0 Å². The summed E-state index contributed by atoms with van der Waals surface area (Å²) in [5, 5.41) is 0. The molecule has 0 radical (unpaired) electrons. The van der Waals surface area contributed by atoms with E-state index in [4.69, 9.17) is 5.73 Å². The molecule has 0 aliphatic rings. The van der Waals surface area contributed by atoms with E-state index < -0.39 is 0 Å². The maximum absolute atomic E-state index is 10.8. The summed E-state index contributed by atoms with van der Waals surface area (Å²) in [6, 6.07) is 15.0. The first-order valence-electron chi connectivity index (χ1n) is 4.71. The Morgan fingerprint density at radius 2 is 1.60 bits per heavy atom. The third kappa shape index (κ3) is 1.89. The van der Waals surface area contributed by atoms with Gasteiger partial charge in [0.1, 0.15) is 0 Å². The van der Waals surface area contributed by atoms with Crippen LogP contribution < -0.4 is 5.73 Å². The normalized spacial score (nSPS) is 9.87. The first-order chi connectivity index (χ1) is 7.31. The van der Waals surface area contributed by atoms with Gasteiger partial charge in [0, 0.05) is 11.3 Å². The van der Waals surface area contributed by atoms with Gasteiger partial charge in [-0.15, -0.1) is 0 Å². The maximum atomic E-state index is 10.8. The molecular weight excluding hydrogens is 186 g/mol. The van der Waals surface area contributed by atoms with Crippen LogP contribution in [0.4, 0.5) is 5.69 Å². The number of carbonyl (C=O) groups is 1. The van der Waals surface area contributed by atoms with Gasteiger partial charge in [-0.05, 0) is 23.3 Å². The summed E-state index contributed by atoms with van der Waals surface area (Å²) in [4.78, 5) is 10.8. The van der Waals surface area contributed by atoms with Gasteiger partial charge in [0.25, 0.3) is 0 Å². The number of benzene rings is 2. The second-order valence-corrected chi connectivity index (χ2v) is 3.33. The summed E-state index contributed by atoms with van der Waals surface area (Å²) < 4.78 is 0. The summed E-state index contributed by atoms with van der Waals surface area (Å²) >= 11 is 0. The standard InChI is InChI=1S/C13H11NO/c14-12-7-5-10(6-8-12)13-4-2-1-3-11(13)9-15/h1-9H,14H2. The molecule has 0 heterocycles. The fourth-order valence-corrected chi connectivity index (χ4v) is 1.53. The van der Waals surface area contributed by atoms with Crippen molar-refractivity contribution in [3.8, 4) is 11.1 Å². The van der Waals surface area contributed by atoms with E-state index >= 15 is 0 Å². The Balaban J connectivity index is 2.53. The molecule has 2 aromatic rings. The largest absolute Gasteiger partial charge is 0.399 e. The Kier molecular flexibility index (Phi) is 2.50. The van der Waals surface area contributed by atoms with Gasteiger partial charge in [0.2, 0.25) is 0 Å². The van der Waals surface area contributed by atoms with Gasteiger partial charge in [0.15, 0.2) is 6.29 Å². The lowest BCUT2D eigenvalue weighted by Crippen LogP contribution is -1.88. The van der Waals surface area contributed by atoms with E-state index in [1.165, 1.54) is 0 Å². The molecule has 0 fully saturated rings. The molecule has 0 saturated heterocycles. The molecule has 2 nitrogen and oxygen atoms in total.